The fourth-order valence-electron chi connectivity index (χ4n) is 2.04. The Labute approximate surface area is 130 Å². The van der Waals surface area contributed by atoms with Crippen molar-refractivity contribution < 1.29 is 9.47 Å². The zero-order valence-electron chi connectivity index (χ0n) is 12.8. The van der Waals surface area contributed by atoms with E-state index in [9.17, 15) is 0 Å². The molecule has 0 aliphatic rings. The second-order valence-corrected chi connectivity index (χ2v) is 5.75. The van der Waals surface area contributed by atoms with Crippen LogP contribution in [0, 0.1) is 0 Å². The van der Waals surface area contributed by atoms with Crippen LogP contribution in [0.3, 0.4) is 0 Å². The third kappa shape index (κ3) is 3.61. The van der Waals surface area contributed by atoms with Crippen molar-refractivity contribution in [2.45, 2.75) is 11.8 Å². The number of methoxy groups -OCH3 is 2. The highest BCUT2D eigenvalue weighted by Crippen LogP contribution is 2.36. The molecule has 0 bridgehead atoms. The van der Waals surface area contributed by atoms with E-state index in [4.69, 9.17) is 9.47 Å². The molecular formula is C16H20N2O2S. The van der Waals surface area contributed by atoms with E-state index in [-0.39, 0.29) is 0 Å². The summed E-state index contributed by atoms with van der Waals surface area (Å²) in [6.45, 7) is 2.13. The van der Waals surface area contributed by atoms with Crippen molar-refractivity contribution in [2.75, 3.05) is 31.9 Å². The van der Waals surface area contributed by atoms with E-state index in [0.29, 0.717) is 0 Å². The molecule has 2 aromatic rings. The van der Waals surface area contributed by atoms with Gasteiger partial charge in [0, 0.05) is 24.2 Å². The monoisotopic (exact) mass is 304 g/mol. The molecule has 21 heavy (non-hydrogen) atoms. The van der Waals surface area contributed by atoms with Gasteiger partial charge in [-0.2, -0.15) is 0 Å². The van der Waals surface area contributed by atoms with Crippen LogP contribution in [-0.2, 0) is 0 Å². The molecule has 0 fully saturated rings. The summed E-state index contributed by atoms with van der Waals surface area (Å²) >= 11 is 1.78. The third-order valence-corrected chi connectivity index (χ3v) is 3.99. The second kappa shape index (κ2) is 7.22. The first-order chi connectivity index (χ1) is 10.2. The van der Waals surface area contributed by atoms with Gasteiger partial charge in [0.25, 0.3) is 0 Å². The minimum absolute atomic E-state index is 0.769. The highest BCUT2D eigenvalue weighted by atomic mass is 32.2. The first-order valence-electron chi connectivity index (χ1n) is 6.73. The summed E-state index contributed by atoms with van der Waals surface area (Å²) in [6, 6.07) is 7.92. The van der Waals surface area contributed by atoms with Crippen LogP contribution in [-0.4, -0.2) is 32.0 Å². The maximum atomic E-state index is 5.46. The van der Waals surface area contributed by atoms with Crippen LogP contribution in [0.25, 0.3) is 0 Å². The lowest BCUT2D eigenvalue weighted by Gasteiger charge is -2.22. The lowest BCUT2D eigenvalue weighted by Crippen LogP contribution is -2.11. The molecule has 5 heteroatoms. The molecule has 0 N–H and O–H groups in total. The van der Waals surface area contributed by atoms with Crippen molar-refractivity contribution >= 4 is 23.1 Å². The van der Waals surface area contributed by atoms with Gasteiger partial charge in [-0.1, -0.05) is 6.92 Å². The molecule has 2 rings (SSSR count). The number of hydrogen-bond acceptors (Lipinski definition) is 5. The molecule has 112 valence electrons. The van der Waals surface area contributed by atoms with Gasteiger partial charge < -0.3 is 14.4 Å². The van der Waals surface area contributed by atoms with Crippen molar-refractivity contribution in [3.63, 3.8) is 0 Å². The molecule has 0 aliphatic heterocycles. The highest BCUT2D eigenvalue weighted by Gasteiger charge is 2.12. The molecule has 0 radical (unpaired) electrons. The van der Waals surface area contributed by atoms with Crippen LogP contribution in [0.2, 0.25) is 0 Å². The summed E-state index contributed by atoms with van der Waals surface area (Å²) in [5.74, 6) is 2.57. The number of rotatable bonds is 6. The van der Waals surface area contributed by atoms with Crippen LogP contribution < -0.4 is 14.4 Å². The Hall–Kier alpha value is -1.88. The molecular weight excluding hydrogens is 284 g/mol. The minimum atomic E-state index is 0.769. The van der Waals surface area contributed by atoms with Crippen molar-refractivity contribution in [1.29, 1.82) is 0 Å². The molecule has 1 heterocycles. The maximum absolute atomic E-state index is 5.46. The number of benzene rings is 1. The van der Waals surface area contributed by atoms with Gasteiger partial charge in [-0.05, 0) is 24.0 Å². The van der Waals surface area contributed by atoms with Crippen molar-refractivity contribution in [2.24, 2.45) is 0 Å². The Morgan fingerprint density at radius 3 is 2.62 bits per heavy atom. The van der Waals surface area contributed by atoms with E-state index < -0.39 is 0 Å². The topological polar surface area (TPSA) is 34.6 Å². The summed E-state index contributed by atoms with van der Waals surface area (Å²) in [6.07, 6.45) is 3.74. The Bertz CT molecular complexity index is 605. The van der Waals surface area contributed by atoms with E-state index in [2.05, 4.69) is 22.9 Å². The Morgan fingerprint density at radius 1 is 1.14 bits per heavy atom. The number of ether oxygens (including phenoxy) is 2. The number of aromatic nitrogens is 1. The van der Waals surface area contributed by atoms with Crippen molar-refractivity contribution in [3.05, 3.63) is 36.7 Å². The largest absolute Gasteiger partial charge is 0.497 e. The van der Waals surface area contributed by atoms with E-state index >= 15 is 0 Å². The summed E-state index contributed by atoms with van der Waals surface area (Å²) in [4.78, 5) is 7.53. The lowest BCUT2D eigenvalue weighted by atomic mass is 10.2. The smallest absolute Gasteiger partial charge is 0.146 e. The van der Waals surface area contributed by atoms with Gasteiger partial charge in [0.1, 0.15) is 11.5 Å². The van der Waals surface area contributed by atoms with Gasteiger partial charge in [0.05, 0.1) is 31.8 Å². The number of thioether (sulfide) groups is 1. The van der Waals surface area contributed by atoms with E-state index in [0.717, 1.165) is 33.5 Å². The fourth-order valence-corrected chi connectivity index (χ4v) is 2.71. The van der Waals surface area contributed by atoms with E-state index in [1.54, 1.807) is 26.0 Å². The lowest BCUT2D eigenvalue weighted by molar-refractivity contribution is 0.395. The Kier molecular flexibility index (Phi) is 5.33. The highest BCUT2D eigenvalue weighted by molar-refractivity contribution is 7.99. The van der Waals surface area contributed by atoms with E-state index in [1.807, 2.05) is 37.6 Å². The predicted octanol–water partition coefficient (Wildman–Crippen LogP) is 3.98. The van der Waals surface area contributed by atoms with Gasteiger partial charge in [-0.15, -0.1) is 11.8 Å². The van der Waals surface area contributed by atoms with E-state index in [1.165, 1.54) is 0 Å². The Morgan fingerprint density at radius 2 is 1.95 bits per heavy atom. The molecule has 0 saturated carbocycles. The quantitative estimate of drug-likeness (QED) is 0.754. The molecule has 0 amide bonds. The average Bonchev–Trinajstić information content (AvgIpc) is 2.54. The summed E-state index contributed by atoms with van der Waals surface area (Å²) in [5.41, 5.74) is 2.00. The fraction of sp³-hybridized carbons (Fsp3) is 0.312. The second-order valence-electron chi connectivity index (χ2n) is 4.41. The van der Waals surface area contributed by atoms with Gasteiger partial charge in [-0.3, -0.25) is 4.98 Å². The maximum Gasteiger partial charge on any atom is 0.146 e. The molecule has 0 saturated heterocycles. The normalized spacial score (nSPS) is 10.3. The summed E-state index contributed by atoms with van der Waals surface area (Å²) in [5, 5.41) is 0. The number of nitrogens with zero attached hydrogens (tertiary/aromatic N) is 2. The number of pyridine rings is 1. The average molecular weight is 304 g/mol. The SMILES string of the molecule is CCSc1cncc(N(C)c2ccc(OC)cc2OC)c1. The van der Waals surface area contributed by atoms with Gasteiger partial charge >= 0.3 is 0 Å². The standard InChI is InChI=1S/C16H20N2O2S/c1-5-21-14-8-12(10-17-11-14)18(2)15-7-6-13(19-3)9-16(15)20-4/h6-11H,5H2,1-4H3. The van der Waals surface area contributed by atoms with Crippen LogP contribution in [0.5, 0.6) is 11.5 Å². The van der Waals surface area contributed by atoms with Crippen LogP contribution in [0.4, 0.5) is 11.4 Å². The molecule has 1 aromatic heterocycles. The Balaban J connectivity index is 2.34. The number of hydrogen-bond donors (Lipinski definition) is 0. The molecule has 4 nitrogen and oxygen atoms in total. The van der Waals surface area contributed by atoms with Gasteiger partial charge in [-0.25, -0.2) is 0 Å². The van der Waals surface area contributed by atoms with Crippen LogP contribution >= 0.6 is 11.8 Å². The molecule has 0 atom stereocenters. The van der Waals surface area contributed by atoms with Crippen molar-refractivity contribution in [1.82, 2.24) is 4.98 Å². The van der Waals surface area contributed by atoms with Crippen LogP contribution in [0.1, 0.15) is 6.92 Å². The molecule has 0 unspecified atom stereocenters. The zero-order chi connectivity index (χ0) is 15.2. The molecule has 1 aromatic carbocycles. The first-order valence-corrected chi connectivity index (χ1v) is 7.71. The van der Waals surface area contributed by atoms with Gasteiger partial charge in [0.15, 0.2) is 0 Å². The number of anilines is 2. The molecule has 0 aliphatic carbocycles. The first kappa shape index (κ1) is 15.5. The van der Waals surface area contributed by atoms with Gasteiger partial charge in [0.2, 0.25) is 0 Å². The third-order valence-electron chi connectivity index (χ3n) is 3.15. The van der Waals surface area contributed by atoms with Crippen LogP contribution in [0.15, 0.2) is 41.6 Å². The minimum Gasteiger partial charge on any atom is -0.497 e. The zero-order valence-corrected chi connectivity index (χ0v) is 13.6. The predicted molar refractivity (Wildman–Crippen MR) is 88.2 cm³/mol. The summed E-state index contributed by atoms with van der Waals surface area (Å²) < 4.78 is 10.7. The van der Waals surface area contributed by atoms with Crippen molar-refractivity contribution in [3.8, 4) is 11.5 Å². The molecule has 0 spiro atoms. The summed E-state index contributed by atoms with van der Waals surface area (Å²) in [7, 11) is 5.31.